The second-order valence-corrected chi connectivity index (χ2v) is 6.57. The maximum Gasteiger partial charge on any atom is 0.262 e. The Morgan fingerprint density at radius 2 is 1.85 bits per heavy atom. The first-order valence-electron chi connectivity index (χ1n) is 9.09. The van der Waals surface area contributed by atoms with Crippen LogP contribution in [0.4, 0.5) is 5.69 Å². The van der Waals surface area contributed by atoms with E-state index in [-0.39, 0.29) is 24.5 Å². The molecule has 0 aromatic heterocycles. The van der Waals surface area contributed by atoms with Crippen LogP contribution in [0.2, 0.25) is 0 Å². The molecule has 2 amide bonds. The Bertz CT molecular complexity index is 766. The van der Waals surface area contributed by atoms with Gasteiger partial charge in [-0.2, -0.15) is 0 Å². The van der Waals surface area contributed by atoms with Crippen LogP contribution in [0.3, 0.4) is 0 Å². The molecule has 2 aromatic carbocycles. The Hall–Kier alpha value is -2.86. The lowest BCUT2D eigenvalue weighted by atomic mass is 10.2. The van der Waals surface area contributed by atoms with Gasteiger partial charge in [-0.3, -0.25) is 9.59 Å². The summed E-state index contributed by atoms with van der Waals surface area (Å²) in [6.45, 7) is 3.20. The first kappa shape index (κ1) is 18.9. The highest BCUT2D eigenvalue weighted by Crippen LogP contribution is 2.13. The van der Waals surface area contributed by atoms with E-state index >= 15 is 0 Å². The Kier molecular flexibility index (Phi) is 6.44. The van der Waals surface area contributed by atoms with Gasteiger partial charge in [0.2, 0.25) is 0 Å². The van der Waals surface area contributed by atoms with E-state index < -0.39 is 0 Å². The molecule has 6 nitrogen and oxygen atoms in total. The van der Waals surface area contributed by atoms with Gasteiger partial charge in [0.1, 0.15) is 5.75 Å². The molecule has 0 unspecified atom stereocenters. The first-order chi connectivity index (χ1) is 13.1. The highest BCUT2D eigenvalue weighted by Gasteiger charge is 2.16. The molecule has 0 radical (unpaired) electrons. The van der Waals surface area contributed by atoms with Crippen molar-refractivity contribution in [2.75, 3.05) is 25.1 Å². The second-order valence-electron chi connectivity index (χ2n) is 6.57. The summed E-state index contributed by atoms with van der Waals surface area (Å²) in [5, 5.41) is 5.62. The van der Waals surface area contributed by atoms with Gasteiger partial charge in [0.05, 0.1) is 6.10 Å². The minimum Gasteiger partial charge on any atom is -0.484 e. The highest BCUT2D eigenvalue weighted by molar-refractivity contribution is 5.96. The third kappa shape index (κ3) is 5.82. The Morgan fingerprint density at radius 1 is 1.11 bits per heavy atom. The first-order valence-corrected chi connectivity index (χ1v) is 9.09. The van der Waals surface area contributed by atoms with Gasteiger partial charge in [-0.1, -0.05) is 17.7 Å². The van der Waals surface area contributed by atoms with Crippen molar-refractivity contribution in [1.29, 1.82) is 0 Å². The minimum atomic E-state index is -0.258. The third-order valence-electron chi connectivity index (χ3n) is 4.34. The summed E-state index contributed by atoms with van der Waals surface area (Å²) in [6, 6.07) is 14.3. The molecule has 1 fully saturated rings. The molecule has 2 aromatic rings. The molecular formula is C21H24N2O4. The zero-order valence-electron chi connectivity index (χ0n) is 15.4. The van der Waals surface area contributed by atoms with E-state index in [9.17, 15) is 9.59 Å². The average Bonchev–Trinajstić information content (AvgIpc) is 3.20. The van der Waals surface area contributed by atoms with Crippen LogP contribution >= 0.6 is 0 Å². The quantitative estimate of drug-likeness (QED) is 0.788. The Morgan fingerprint density at radius 3 is 2.52 bits per heavy atom. The van der Waals surface area contributed by atoms with Crippen molar-refractivity contribution < 1.29 is 19.1 Å². The van der Waals surface area contributed by atoms with Crippen LogP contribution in [0.15, 0.2) is 48.5 Å². The van der Waals surface area contributed by atoms with Crippen LogP contribution in [-0.2, 0) is 9.53 Å². The van der Waals surface area contributed by atoms with E-state index in [2.05, 4.69) is 10.6 Å². The maximum absolute atomic E-state index is 12.1. The Balaban J connectivity index is 1.44. The predicted octanol–water partition coefficient (Wildman–Crippen LogP) is 2.92. The number of carbonyl (C=O) groups excluding carboxylic acids is 2. The van der Waals surface area contributed by atoms with E-state index in [0.717, 1.165) is 25.0 Å². The fourth-order valence-corrected chi connectivity index (χ4v) is 2.80. The van der Waals surface area contributed by atoms with Crippen molar-refractivity contribution in [2.24, 2.45) is 0 Å². The fourth-order valence-electron chi connectivity index (χ4n) is 2.80. The van der Waals surface area contributed by atoms with Crippen molar-refractivity contribution in [3.8, 4) is 5.75 Å². The van der Waals surface area contributed by atoms with Crippen LogP contribution in [0.1, 0.15) is 28.8 Å². The predicted molar refractivity (Wildman–Crippen MR) is 103 cm³/mol. The summed E-state index contributed by atoms with van der Waals surface area (Å²) in [7, 11) is 0. The molecule has 27 heavy (non-hydrogen) atoms. The number of anilines is 1. The molecule has 1 aliphatic heterocycles. The summed E-state index contributed by atoms with van der Waals surface area (Å²) in [5.41, 5.74) is 2.29. The topological polar surface area (TPSA) is 76.7 Å². The number of amides is 2. The van der Waals surface area contributed by atoms with E-state index in [1.54, 1.807) is 24.3 Å². The zero-order chi connectivity index (χ0) is 19.1. The van der Waals surface area contributed by atoms with Gasteiger partial charge < -0.3 is 20.1 Å². The SMILES string of the molecule is Cc1ccc(OCC(=O)Nc2ccc(C(=O)NC[C@@H]3CCCO3)cc2)cc1. The number of aryl methyl sites for hydroxylation is 1. The van der Waals surface area contributed by atoms with Gasteiger partial charge in [-0.05, 0) is 56.2 Å². The fraction of sp³-hybridized carbons (Fsp3) is 0.333. The number of hydrogen-bond donors (Lipinski definition) is 2. The molecule has 2 N–H and O–H groups in total. The van der Waals surface area contributed by atoms with Gasteiger partial charge in [0.25, 0.3) is 11.8 Å². The largest absolute Gasteiger partial charge is 0.484 e. The number of carbonyl (C=O) groups is 2. The van der Waals surface area contributed by atoms with E-state index in [0.29, 0.717) is 23.5 Å². The molecule has 1 atom stereocenters. The molecular weight excluding hydrogens is 344 g/mol. The molecule has 0 spiro atoms. The van der Waals surface area contributed by atoms with Crippen LogP contribution in [0.5, 0.6) is 5.75 Å². The average molecular weight is 368 g/mol. The van der Waals surface area contributed by atoms with Gasteiger partial charge >= 0.3 is 0 Å². The van der Waals surface area contributed by atoms with Crippen molar-refractivity contribution >= 4 is 17.5 Å². The van der Waals surface area contributed by atoms with E-state index in [1.165, 1.54) is 0 Å². The summed E-state index contributed by atoms with van der Waals surface area (Å²) in [5.74, 6) is 0.242. The lowest BCUT2D eigenvalue weighted by Gasteiger charge is -2.11. The van der Waals surface area contributed by atoms with Crippen LogP contribution < -0.4 is 15.4 Å². The maximum atomic E-state index is 12.1. The van der Waals surface area contributed by atoms with Crippen molar-refractivity contribution in [3.63, 3.8) is 0 Å². The molecule has 142 valence electrons. The second kappa shape index (κ2) is 9.19. The summed E-state index contributed by atoms with van der Waals surface area (Å²) < 4.78 is 10.9. The summed E-state index contributed by atoms with van der Waals surface area (Å²) in [4.78, 5) is 24.1. The number of ether oxygens (including phenoxy) is 2. The summed E-state index contributed by atoms with van der Waals surface area (Å²) >= 11 is 0. The van der Waals surface area contributed by atoms with Crippen molar-refractivity contribution in [1.82, 2.24) is 5.32 Å². The Labute approximate surface area is 158 Å². The minimum absolute atomic E-state index is 0.0767. The lowest BCUT2D eigenvalue weighted by molar-refractivity contribution is -0.118. The number of rotatable bonds is 7. The number of benzene rings is 2. The van der Waals surface area contributed by atoms with Crippen molar-refractivity contribution in [3.05, 3.63) is 59.7 Å². The molecule has 1 saturated heterocycles. The standard InChI is InChI=1S/C21H24N2O4/c1-15-4-10-18(11-5-15)27-14-20(24)23-17-8-6-16(7-9-17)21(25)22-13-19-3-2-12-26-19/h4-11,19H,2-3,12-14H2,1H3,(H,22,25)(H,23,24)/t19-/m0/s1. The van der Waals surface area contributed by atoms with Crippen molar-refractivity contribution in [2.45, 2.75) is 25.9 Å². The highest BCUT2D eigenvalue weighted by atomic mass is 16.5. The molecule has 6 heteroatoms. The van der Waals surface area contributed by atoms with Gasteiger partial charge in [0, 0.05) is 24.4 Å². The van der Waals surface area contributed by atoms with Gasteiger partial charge in [-0.15, -0.1) is 0 Å². The zero-order valence-corrected chi connectivity index (χ0v) is 15.4. The molecule has 0 saturated carbocycles. The van der Waals surface area contributed by atoms with Crippen LogP contribution in [0, 0.1) is 6.92 Å². The lowest BCUT2D eigenvalue weighted by Crippen LogP contribution is -2.31. The normalized spacial score (nSPS) is 16.0. The van der Waals surface area contributed by atoms with Gasteiger partial charge in [-0.25, -0.2) is 0 Å². The summed E-state index contributed by atoms with van der Waals surface area (Å²) in [6.07, 6.45) is 2.14. The number of hydrogen-bond acceptors (Lipinski definition) is 4. The van der Waals surface area contributed by atoms with Gasteiger partial charge in [0.15, 0.2) is 6.61 Å². The molecule has 1 heterocycles. The molecule has 1 aliphatic rings. The molecule has 0 aliphatic carbocycles. The van der Waals surface area contributed by atoms with E-state index in [1.807, 2.05) is 31.2 Å². The third-order valence-corrected chi connectivity index (χ3v) is 4.34. The van der Waals surface area contributed by atoms with Crippen LogP contribution in [-0.4, -0.2) is 37.7 Å². The number of nitrogens with one attached hydrogen (secondary N) is 2. The van der Waals surface area contributed by atoms with Crippen LogP contribution in [0.25, 0.3) is 0 Å². The smallest absolute Gasteiger partial charge is 0.262 e. The van der Waals surface area contributed by atoms with E-state index in [4.69, 9.17) is 9.47 Å². The monoisotopic (exact) mass is 368 g/mol. The molecule has 3 rings (SSSR count). The molecule has 0 bridgehead atoms.